The minimum atomic E-state index is -4.47. The Hall–Kier alpha value is -2.47. The van der Waals surface area contributed by atoms with Crippen molar-refractivity contribution in [3.8, 4) is 0 Å². The second kappa shape index (κ2) is 8.72. The standard InChI is InChI=1S/C19H19F3N2O5S/c20-15-6-2-12(8-17(15)22)23-19(27)11-1-5-16(21)18(7-11)30(28,29)24-9-13(25)3-4-14(26)10-24/h1-2,5-8,13-14,25-26H,3-4,9-10H2,(H,23,27). The van der Waals surface area contributed by atoms with Crippen LogP contribution in [0.3, 0.4) is 0 Å². The van der Waals surface area contributed by atoms with E-state index in [1.54, 1.807) is 0 Å². The first-order valence-corrected chi connectivity index (χ1v) is 10.4. The number of nitrogens with zero attached hydrogens (tertiary/aromatic N) is 1. The first kappa shape index (κ1) is 22.2. The third-order valence-electron chi connectivity index (χ3n) is 4.65. The largest absolute Gasteiger partial charge is 0.392 e. The number of nitrogens with one attached hydrogen (secondary N) is 1. The maximum atomic E-state index is 14.3. The van der Waals surface area contributed by atoms with Crippen molar-refractivity contribution < 1.29 is 36.6 Å². The molecule has 1 saturated heterocycles. The molecular formula is C19H19F3N2O5S. The lowest BCUT2D eigenvalue weighted by Gasteiger charge is -2.23. The molecule has 1 aliphatic heterocycles. The summed E-state index contributed by atoms with van der Waals surface area (Å²) in [5.74, 6) is -4.28. The Balaban J connectivity index is 1.90. The fourth-order valence-electron chi connectivity index (χ4n) is 3.07. The summed E-state index contributed by atoms with van der Waals surface area (Å²) < 4.78 is 67.3. The molecule has 3 rings (SSSR count). The summed E-state index contributed by atoms with van der Waals surface area (Å²) in [5, 5.41) is 22.0. The number of carbonyl (C=O) groups is 1. The van der Waals surface area contributed by atoms with Crippen molar-refractivity contribution in [2.45, 2.75) is 29.9 Å². The van der Waals surface area contributed by atoms with E-state index in [2.05, 4.69) is 5.32 Å². The lowest BCUT2D eigenvalue weighted by atomic mass is 10.1. The summed E-state index contributed by atoms with van der Waals surface area (Å²) in [6.07, 6.45) is -1.68. The van der Waals surface area contributed by atoms with Gasteiger partial charge in [0.2, 0.25) is 10.0 Å². The van der Waals surface area contributed by atoms with Crippen LogP contribution in [-0.2, 0) is 10.0 Å². The zero-order valence-electron chi connectivity index (χ0n) is 15.6. The summed E-state index contributed by atoms with van der Waals surface area (Å²) in [6.45, 7) is -0.659. The van der Waals surface area contributed by atoms with Gasteiger partial charge in [-0.2, -0.15) is 4.31 Å². The second-order valence-electron chi connectivity index (χ2n) is 6.94. The number of sulfonamides is 1. The molecule has 30 heavy (non-hydrogen) atoms. The highest BCUT2D eigenvalue weighted by Crippen LogP contribution is 2.25. The van der Waals surface area contributed by atoms with Crippen molar-refractivity contribution >= 4 is 21.6 Å². The Morgan fingerprint density at radius 1 is 0.933 bits per heavy atom. The molecule has 2 atom stereocenters. The molecule has 1 heterocycles. The minimum absolute atomic E-state index is 0.0774. The number of hydrogen-bond acceptors (Lipinski definition) is 5. The Morgan fingerprint density at radius 3 is 2.13 bits per heavy atom. The van der Waals surface area contributed by atoms with Crippen molar-refractivity contribution in [1.82, 2.24) is 4.31 Å². The van der Waals surface area contributed by atoms with Crippen LogP contribution >= 0.6 is 0 Å². The van der Waals surface area contributed by atoms with Gasteiger partial charge in [0.1, 0.15) is 10.7 Å². The zero-order chi connectivity index (χ0) is 22.1. The van der Waals surface area contributed by atoms with Gasteiger partial charge in [0, 0.05) is 30.4 Å². The summed E-state index contributed by atoms with van der Waals surface area (Å²) in [7, 11) is -4.47. The molecule has 0 spiro atoms. The lowest BCUT2D eigenvalue weighted by molar-refractivity contribution is 0.102. The van der Waals surface area contributed by atoms with Gasteiger partial charge in [0.25, 0.3) is 5.91 Å². The average molecular weight is 444 g/mol. The average Bonchev–Trinajstić information content (AvgIpc) is 2.86. The predicted octanol–water partition coefficient (Wildman–Crippen LogP) is 1.86. The van der Waals surface area contributed by atoms with E-state index in [0.717, 1.165) is 40.7 Å². The second-order valence-corrected chi connectivity index (χ2v) is 8.84. The molecule has 1 fully saturated rings. The van der Waals surface area contributed by atoms with E-state index in [0.29, 0.717) is 0 Å². The number of benzene rings is 2. The van der Waals surface area contributed by atoms with Gasteiger partial charge in [-0.15, -0.1) is 0 Å². The molecular weight excluding hydrogens is 425 g/mol. The van der Waals surface area contributed by atoms with Gasteiger partial charge in [-0.1, -0.05) is 0 Å². The summed E-state index contributed by atoms with van der Waals surface area (Å²) in [6, 6.07) is 5.30. The van der Waals surface area contributed by atoms with E-state index in [-0.39, 0.29) is 37.2 Å². The van der Waals surface area contributed by atoms with Crippen LogP contribution < -0.4 is 5.32 Å². The molecule has 1 aliphatic rings. The molecule has 2 aromatic carbocycles. The number of anilines is 1. The van der Waals surface area contributed by atoms with E-state index < -0.39 is 50.5 Å². The number of carbonyl (C=O) groups excluding carboxylic acids is 1. The zero-order valence-corrected chi connectivity index (χ0v) is 16.4. The molecule has 3 N–H and O–H groups in total. The molecule has 0 radical (unpaired) electrons. The fraction of sp³-hybridized carbons (Fsp3) is 0.316. The molecule has 0 aromatic heterocycles. The monoisotopic (exact) mass is 444 g/mol. The van der Waals surface area contributed by atoms with Gasteiger partial charge >= 0.3 is 0 Å². The van der Waals surface area contributed by atoms with E-state index >= 15 is 0 Å². The van der Waals surface area contributed by atoms with Crippen LogP contribution in [0.15, 0.2) is 41.3 Å². The molecule has 1 amide bonds. The first-order chi connectivity index (χ1) is 14.1. The Kier molecular flexibility index (Phi) is 6.46. The van der Waals surface area contributed by atoms with Crippen LogP contribution in [0.5, 0.6) is 0 Å². The lowest BCUT2D eigenvalue weighted by Crippen LogP contribution is -2.39. The number of halogens is 3. The molecule has 2 aromatic rings. The molecule has 2 unspecified atom stereocenters. The van der Waals surface area contributed by atoms with E-state index in [4.69, 9.17) is 0 Å². The third kappa shape index (κ3) is 4.81. The highest BCUT2D eigenvalue weighted by Gasteiger charge is 2.33. The number of β-amino-alcohol motifs (C(OH)–C–C–N with tert-alkyl or cyclic N) is 2. The first-order valence-electron chi connectivity index (χ1n) is 9.00. The number of aliphatic hydroxyl groups excluding tert-OH is 2. The summed E-state index contributed by atoms with van der Waals surface area (Å²) >= 11 is 0. The SMILES string of the molecule is O=C(Nc1ccc(F)c(F)c1)c1ccc(F)c(S(=O)(=O)N2CC(O)CCC(O)C2)c1. The summed E-state index contributed by atoms with van der Waals surface area (Å²) in [4.78, 5) is 11.6. The van der Waals surface area contributed by atoms with E-state index in [1.165, 1.54) is 0 Å². The topological polar surface area (TPSA) is 107 Å². The van der Waals surface area contributed by atoms with Gasteiger partial charge in [-0.3, -0.25) is 4.79 Å². The van der Waals surface area contributed by atoms with Crippen LogP contribution in [0.25, 0.3) is 0 Å². The number of aliphatic hydroxyl groups is 2. The van der Waals surface area contributed by atoms with Crippen LogP contribution in [0, 0.1) is 17.5 Å². The van der Waals surface area contributed by atoms with Crippen molar-refractivity contribution in [2.24, 2.45) is 0 Å². The number of rotatable bonds is 4. The highest BCUT2D eigenvalue weighted by atomic mass is 32.2. The van der Waals surface area contributed by atoms with Crippen LogP contribution in [-0.4, -0.2) is 54.1 Å². The van der Waals surface area contributed by atoms with Crippen molar-refractivity contribution in [3.63, 3.8) is 0 Å². The van der Waals surface area contributed by atoms with Gasteiger partial charge < -0.3 is 15.5 Å². The Labute approximate surface area is 170 Å². The van der Waals surface area contributed by atoms with Gasteiger partial charge in [0.05, 0.1) is 12.2 Å². The van der Waals surface area contributed by atoms with Crippen molar-refractivity contribution in [2.75, 3.05) is 18.4 Å². The maximum Gasteiger partial charge on any atom is 0.255 e. The number of hydrogen-bond donors (Lipinski definition) is 3. The molecule has 0 bridgehead atoms. The third-order valence-corrected chi connectivity index (χ3v) is 6.50. The Morgan fingerprint density at radius 2 is 1.53 bits per heavy atom. The molecule has 7 nitrogen and oxygen atoms in total. The minimum Gasteiger partial charge on any atom is -0.392 e. The normalized spacial score (nSPS) is 20.6. The van der Waals surface area contributed by atoms with Gasteiger partial charge in [-0.05, 0) is 43.2 Å². The predicted molar refractivity (Wildman–Crippen MR) is 101 cm³/mol. The quantitative estimate of drug-likeness (QED) is 0.668. The van der Waals surface area contributed by atoms with Crippen LogP contribution in [0.4, 0.5) is 18.9 Å². The van der Waals surface area contributed by atoms with Crippen LogP contribution in [0.1, 0.15) is 23.2 Å². The number of amides is 1. The van der Waals surface area contributed by atoms with Crippen molar-refractivity contribution in [1.29, 1.82) is 0 Å². The van der Waals surface area contributed by atoms with E-state index in [9.17, 15) is 36.6 Å². The fourth-order valence-corrected chi connectivity index (χ4v) is 4.67. The van der Waals surface area contributed by atoms with E-state index in [1.807, 2.05) is 0 Å². The molecule has 162 valence electrons. The highest BCUT2D eigenvalue weighted by molar-refractivity contribution is 7.89. The summed E-state index contributed by atoms with van der Waals surface area (Å²) in [5.41, 5.74) is -0.318. The van der Waals surface area contributed by atoms with Gasteiger partial charge in [0.15, 0.2) is 11.6 Å². The smallest absolute Gasteiger partial charge is 0.255 e. The molecule has 0 saturated carbocycles. The van der Waals surface area contributed by atoms with Crippen LogP contribution in [0.2, 0.25) is 0 Å². The van der Waals surface area contributed by atoms with Crippen molar-refractivity contribution in [3.05, 3.63) is 59.4 Å². The Bertz CT molecular complexity index is 1050. The molecule has 0 aliphatic carbocycles. The molecule has 11 heteroatoms. The maximum absolute atomic E-state index is 14.3. The van der Waals surface area contributed by atoms with Gasteiger partial charge in [-0.25, -0.2) is 21.6 Å².